The first kappa shape index (κ1) is 14.2. The first-order valence-electron chi connectivity index (χ1n) is 6.85. The third-order valence-electron chi connectivity index (χ3n) is 3.98. The maximum absolute atomic E-state index is 4.29. The van der Waals surface area contributed by atoms with Crippen molar-refractivity contribution >= 4 is 0 Å². The maximum atomic E-state index is 4.29. The summed E-state index contributed by atoms with van der Waals surface area (Å²) in [7, 11) is 0. The summed E-state index contributed by atoms with van der Waals surface area (Å²) in [6, 6.07) is 0.660. The molecule has 0 aromatic heterocycles. The average Bonchev–Trinajstić information content (AvgIpc) is 2.35. The summed E-state index contributed by atoms with van der Waals surface area (Å²) in [6.45, 7) is 16.0. The average molecular weight is 233 g/mol. The Balaban J connectivity index is 2.76. The lowest BCUT2D eigenvalue weighted by atomic mass is 9.81. The SMILES string of the molecule is C=C/C=C(\C(=C)C(C)CC)C1CCC(C)NC1. The van der Waals surface area contributed by atoms with Crippen LogP contribution in [0.5, 0.6) is 0 Å². The molecule has 0 bridgehead atoms. The second kappa shape index (κ2) is 6.80. The summed E-state index contributed by atoms with van der Waals surface area (Å²) in [5.74, 6) is 1.19. The predicted molar refractivity (Wildman–Crippen MR) is 77.1 cm³/mol. The highest BCUT2D eigenvalue weighted by Gasteiger charge is 2.23. The van der Waals surface area contributed by atoms with Gasteiger partial charge in [0.15, 0.2) is 0 Å². The molecule has 0 aromatic rings. The molecule has 1 aliphatic rings. The molecule has 96 valence electrons. The van der Waals surface area contributed by atoms with Crippen LogP contribution in [0.25, 0.3) is 0 Å². The summed E-state index contributed by atoms with van der Waals surface area (Å²) < 4.78 is 0. The van der Waals surface area contributed by atoms with Crippen LogP contribution >= 0.6 is 0 Å². The van der Waals surface area contributed by atoms with E-state index >= 15 is 0 Å². The van der Waals surface area contributed by atoms with Crippen LogP contribution in [0, 0.1) is 11.8 Å². The molecule has 3 unspecified atom stereocenters. The van der Waals surface area contributed by atoms with Crippen LogP contribution in [0.3, 0.4) is 0 Å². The molecule has 3 atom stereocenters. The lowest BCUT2D eigenvalue weighted by Gasteiger charge is -2.31. The summed E-state index contributed by atoms with van der Waals surface area (Å²) >= 11 is 0. The van der Waals surface area contributed by atoms with Gasteiger partial charge in [0.2, 0.25) is 0 Å². The molecule has 1 heteroatoms. The fourth-order valence-corrected chi connectivity index (χ4v) is 2.43. The minimum atomic E-state index is 0.570. The summed E-state index contributed by atoms with van der Waals surface area (Å²) in [6.07, 6.45) is 7.75. The zero-order valence-corrected chi connectivity index (χ0v) is 11.6. The highest BCUT2D eigenvalue weighted by atomic mass is 14.9. The van der Waals surface area contributed by atoms with E-state index in [0.29, 0.717) is 17.9 Å². The molecule has 0 saturated carbocycles. The van der Waals surface area contributed by atoms with Gasteiger partial charge in [-0.25, -0.2) is 0 Å². The topological polar surface area (TPSA) is 12.0 Å². The molecule has 0 amide bonds. The molecular formula is C16H27N. The maximum Gasteiger partial charge on any atom is 0.00391 e. The monoisotopic (exact) mass is 233 g/mol. The van der Waals surface area contributed by atoms with Crippen molar-refractivity contribution in [2.75, 3.05) is 6.54 Å². The fraction of sp³-hybridized carbons (Fsp3) is 0.625. The van der Waals surface area contributed by atoms with E-state index < -0.39 is 0 Å². The van der Waals surface area contributed by atoms with E-state index in [2.05, 4.69) is 45.3 Å². The molecule has 0 aliphatic carbocycles. The minimum Gasteiger partial charge on any atom is -0.314 e. The Morgan fingerprint density at radius 2 is 2.18 bits per heavy atom. The van der Waals surface area contributed by atoms with E-state index in [9.17, 15) is 0 Å². The second-order valence-electron chi connectivity index (χ2n) is 5.28. The van der Waals surface area contributed by atoms with Crippen molar-refractivity contribution in [3.8, 4) is 0 Å². The standard InChI is InChI=1S/C16H27N/c1-6-8-16(14(5)12(3)7-2)15-10-9-13(4)17-11-15/h6,8,12-13,15,17H,1,5,7,9-11H2,2-4H3/b16-8+. The molecule has 1 N–H and O–H groups in total. The largest absolute Gasteiger partial charge is 0.314 e. The molecule has 17 heavy (non-hydrogen) atoms. The van der Waals surface area contributed by atoms with Crippen LogP contribution in [0.15, 0.2) is 36.5 Å². The van der Waals surface area contributed by atoms with Gasteiger partial charge in [-0.15, -0.1) is 0 Å². The van der Waals surface area contributed by atoms with Gasteiger partial charge < -0.3 is 5.32 Å². The fourth-order valence-electron chi connectivity index (χ4n) is 2.43. The predicted octanol–water partition coefficient (Wildman–Crippen LogP) is 4.09. The van der Waals surface area contributed by atoms with Gasteiger partial charge in [-0.05, 0) is 49.2 Å². The quantitative estimate of drug-likeness (QED) is 0.705. The molecule has 1 aliphatic heterocycles. The lowest BCUT2D eigenvalue weighted by molar-refractivity contribution is 0.355. The Morgan fingerprint density at radius 1 is 1.47 bits per heavy atom. The minimum absolute atomic E-state index is 0.570. The highest BCUT2D eigenvalue weighted by molar-refractivity contribution is 5.35. The Labute approximate surface area is 107 Å². The van der Waals surface area contributed by atoms with Gasteiger partial charge in [-0.2, -0.15) is 0 Å². The number of piperidine rings is 1. The third-order valence-corrected chi connectivity index (χ3v) is 3.98. The lowest BCUT2D eigenvalue weighted by Crippen LogP contribution is -2.38. The van der Waals surface area contributed by atoms with Crippen molar-refractivity contribution in [1.82, 2.24) is 5.32 Å². The van der Waals surface area contributed by atoms with Crippen molar-refractivity contribution in [2.24, 2.45) is 11.8 Å². The molecule has 1 fully saturated rings. The van der Waals surface area contributed by atoms with Gasteiger partial charge in [0.25, 0.3) is 0 Å². The van der Waals surface area contributed by atoms with E-state index in [1.807, 2.05) is 6.08 Å². The summed E-state index contributed by atoms with van der Waals surface area (Å²) in [5, 5.41) is 3.57. The molecular weight excluding hydrogens is 206 g/mol. The normalized spacial score (nSPS) is 27.6. The summed E-state index contributed by atoms with van der Waals surface area (Å²) in [5.41, 5.74) is 2.71. The number of allylic oxidation sites excluding steroid dienone is 3. The van der Waals surface area contributed by atoms with Crippen LogP contribution < -0.4 is 5.32 Å². The number of nitrogens with one attached hydrogen (secondary N) is 1. The number of hydrogen-bond donors (Lipinski definition) is 1. The van der Waals surface area contributed by atoms with E-state index in [1.54, 1.807) is 0 Å². The summed E-state index contributed by atoms with van der Waals surface area (Å²) in [4.78, 5) is 0. The first-order valence-corrected chi connectivity index (χ1v) is 6.85. The Kier molecular flexibility index (Phi) is 5.70. The Morgan fingerprint density at radius 3 is 2.65 bits per heavy atom. The zero-order valence-electron chi connectivity index (χ0n) is 11.6. The first-order chi connectivity index (χ1) is 8.10. The highest BCUT2D eigenvalue weighted by Crippen LogP contribution is 2.31. The molecule has 0 radical (unpaired) electrons. The van der Waals surface area contributed by atoms with E-state index in [1.165, 1.54) is 24.0 Å². The molecule has 1 saturated heterocycles. The van der Waals surface area contributed by atoms with Gasteiger partial charge in [-0.3, -0.25) is 0 Å². The third kappa shape index (κ3) is 3.85. The molecule has 1 nitrogen and oxygen atoms in total. The molecule has 1 rings (SSSR count). The van der Waals surface area contributed by atoms with Gasteiger partial charge in [0, 0.05) is 12.6 Å². The Bertz CT molecular complexity index is 293. The van der Waals surface area contributed by atoms with Crippen LogP contribution in [0.2, 0.25) is 0 Å². The van der Waals surface area contributed by atoms with E-state index in [-0.39, 0.29) is 0 Å². The molecule has 0 spiro atoms. The van der Waals surface area contributed by atoms with Gasteiger partial charge in [-0.1, -0.05) is 39.2 Å². The zero-order chi connectivity index (χ0) is 12.8. The number of rotatable bonds is 5. The van der Waals surface area contributed by atoms with Gasteiger partial charge in [0.05, 0.1) is 0 Å². The van der Waals surface area contributed by atoms with E-state index in [0.717, 1.165) is 13.0 Å². The van der Waals surface area contributed by atoms with Crippen LogP contribution in [-0.2, 0) is 0 Å². The van der Waals surface area contributed by atoms with Gasteiger partial charge >= 0.3 is 0 Å². The van der Waals surface area contributed by atoms with Crippen LogP contribution in [0.1, 0.15) is 40.0 Å². The van der Waals surface area contributed by atoms with E-state index in [4.69, 9.17) is 0 Å². The smallest absolute Gasteiger partial charge is 0.00391 e. The van der Waals surface area contributed by atoms with Crippen molar-refractivity contribution in [1.29, 1.82) is 0 Å². The van der Waals surface area contributed by atoms with Crippen LogP contribution in [0.4, 0.5) is 0 Å². The van der Waals surface area contributed by atoms with Crippen LogP contribution in [-0.4, -0.2) is 12.6 Å². The van der Waals surface area contributed by atoms with Crippen molar-refractivity contribution in [3.63, 3.8) is 0 Å². The van der Waals surface area contributed by atoms with Gasteiger partial charge in [0.1, 0.15) is 0 Å². The number of hydrogen-bond acceptors (Lipinski definition) is 1. The Hall–Kier alpha value is -0.820. The molecule has 0 aromatic carbocycles. The van der Waals surface area contributed by atoms with Crippen molar-refractivity contribution in [2.45, 2.75) is 46.1 Å². The second-order valence-corrected chi connectivity index (χ2v) is 5.28. The van der Waals surface area contributed by atoms with Crippen molar-refractivity contribution < 1.29 is 0 Å². The van der Waals surface area contributed by atoms with Crippen molar-refractivity contribution in [3.05, 3.63) is 36.5 Å². The molecule has 1 heterocycles.